The highest BCUT2D eigenvalue weighted by Gasteiger charge is 2.30. The standard InChI is InChI=1S/C12H22N2O3/c1-12(2,11(16)17-3)8-14-10(15)9-5-4-6-13-7-9/h9,13H,4-8H2,1-3H3,(H,14,15)/t9-/m1/s1. The summed E-state index contributed by atoms with van der Waals surface area (Å²) in [5, 5.41) is 6.02. The van der Waals surface area contributed by atoms with E-state index in [-0.39, 0.29) is 17.8 Å². The average molecular weight is 242 g/mol. The summed E-state index contributed by atoms with van der Waals surface area (Å²) in [5.74, 6) is -0.258. The van der Waals surface area contributed by atoms with Gasteiger partial charge >= 0.3 is 5.97 Å². The van der Waals surface area contributed by atoms with E-state index in [0.717, 1.165) is 25.9 Å². The quantitative estimate of drug-likeness (QED) is 0.696. The van der Waals surface area contributed by atoms with Gasteiger partial charge in [0, 0.05) is 13.1 Å². The Morgan fingerprint density at radius 1 is 1.47 bits per heavy atom. The van der Waals surface area contributed by atoms with Gasteiger partial charge in [-0.3, -0.25) is 9.59 Å². The zero-order chi connectivity index (χ0) is 12.9. The average Bonchev–Trinajstić information content (AvgIpc) is 2.36. The van der Waals surface area contributed by atoms with Crippen LogP contribution in [0.25, 0.3) is 0 Å². The van der Waals surface area contributed by atoms with Crippen LogP contribution < -0.4 is 10.6 Å². The van der Waals surface area contributed by atoms with E-state index in [9.17, 15) is 9.59 Å². The molecule has 1 heterocycles. The molecule has 5 heteroatoms. The van der Waals surface area contributed by atoms with Crippen molar-refractivity contribution in [2.75, 3.05) is 26.7 Å². The first kappa shape index (κ1) is 14.0. The van der Waals surface area contributed by atoms with Crippen molar-refractivity contribution in [1.82, 2.24) is 10.6 Å². The smallest absolute Gasteiger partial charge is 0.313 e. The Bertz CT molecular complexity index is 283. The number of carbonyl (C=O) groups is 2. The Labute approximate surface area is 102 Å². The molecule has 98 valence electrons. The van der Waals surface area contributed by atoms with Gasteiger partial charge in [-0.2, -0.15) is 0 Å². The number of piperidine rings is 1. The van der Waals surface area contributed by atoms with Crippen LogP contribution in [0.15, 0.2) is 0 Å². The maximum absolute atomic E-state index is 11.9. The molecule has 1 amide bonds. The summed E-state index contributed by atoms with van der Waals surface area (Å²) in [4.78, 5) is 23.3. The van der Waals surface area contributed by atoms with Crippen LogP contribution in [0.4, 0.5) is 0 Å². The predicted octanol–water partition coefficient (Wildman–Crippen LogP) is 0.301. The van der Waals surface area contributed by atoms with Gasteiger partial charge in [0.1, 0.15) is 0 Å². The molecule has 0 aliphatic carbocycles. The Hall–Kier alpha value is -1.10. The van der Waals surface area contributed by atoms with Crippen LogP contribution in [0.5, 0.6) is 0 Å². The molecule has 5 nitrogen and oxygen atoms in total. The first-order valence-corrected chi connectivity index (χ1v) is 6.04. The summed E-state index contributed by atoms with van der Waals surface area (Å²) in [6.07, 6.45) is 1.94. The topological polar surface area (TPSA) is 67.4 Å². The summed E-state index contributed by atoms with van der Waals surface area (Å²) in [6, 6.07) is 0. The second-order valence-electron chi connectivity index (χ2n) is 5.14. The summed E-state index contributed by atoms with van der Waals surface area (Å²) < 4.78 is 4.69. The number of esters is 1. The molecule has 0 aromatic heterocycles. The first-order chi connectivity index (χ1) is 7.97. The van der Waals surface area contributed by atoms with Gasteiger partial charge in [0.25, 0.3) is 0 Å². The largest absolute Gasteiger partial charge is 0.469 e. The molecule has 0 unspecified atom stereocenters. The van der Waals surface area contributed by atoms with Crippen molar-refractivity contribution < 1.29 is 14.3 Å². The van der Waals surface area contributed by atoms with E-state index in [0.29, 0.717) is 6.54 Å². The van der Waals surface area contributed by atoms with E-state index in [1.807, 2.05) is 0 Å². The first-order valence-electron chi connectivity index (χ1n) is 6.04. The van der Waals surface area contributed by atoms with Crippen molar-refractivity contribution in [2.45, 2.75) is 26.7 Å². The number of hydrogen-bond donors (Lipinski definition) is 2. The van der Waals surface area contributed by atoms with E-state index < -0.39 is 5.41 Å². The fraction of sp³-hybridized carbons (Fsp3) is 0.833. The summed E-state index contributed by atoms with van der Waals surface area (Å²) in [5.41, 5.74) is -0.674. The van der Waals surface area contributed by atoms with Gasteiger partial charge in [-0.1, -0.05) is 0 Å². The number of amides is 1. The lowest BCUT2D eigenvalue weighted by Gasteiger charge is -2.25. The van der Waals surface area contributed by atoms with Crippen LogP contribution in [0.3, 0.4) is 0 Å². The van der Waals surface area contributed by atoms with E-state index >= 15 is 0 Å². The van der Waals surface area contributed by atoms with Gasteiger partial charge in [-0.05, 0) is 33.2 Å². The molecule has 17 heavy (non-hydrogen) atoms. The lowest BCUT2D eigenvalue weighted by Crippen LogP contribution is -2.45. The molecule has 0 radical (unpaired) electrons. The normalized spacial score (nSPS) is 20.8. The van der Waals surface area contributed by atoms with Crippen LogP contribution in [0, 0.1) is 11.3 Å². The lowest BCUT2D eigenvalue weighted by molar-refractivity contribution is -0.150. The van der Waals surface area contributed by atoms with Crippen LogP contribution in [0.2, 0.25) is 0 Å². The zero-order valence-electron chi connectivity index (χ0n) is 10.8. The molecule has 1 aliphatic heterocycles. The number of nitrogens with one attached hydrogen (secondary N) is 2. The fourth-order valence-corrected chi connectivity index (χ4v) is 1.88. The molecule has 0 saturated carbocycles. The molecular weight excluding hydrogens is 220 g/mol. The van der Waals surface area contributed by atoms with Crippen molar-refractivity contribution in [3.63, 3.8) is 0 Å². The highest BCUT2D eigenvalue weighted by Crippen LogP contribution is 2.16. The lowest BCUT2D eigenvalue weighted by atomic mass is 9.92. The molecule has 1 fully saturated rings. The molecule has 1 atom stereocenters. The minimum Gasteiger partial charge on any atom is -0.469 e. The van der Waals surface area contributed by atoms with Gasteiger partial charge in [0.05, 0.1) is 18.4 Å². The van der Waals surface area contributed by atoms with Crippen LogP contribution in [0.1, 0.15) is 26.7 Å². The van der Waals surface area contributed by atoms with Gasteiger partial charge in [0.2, 0.25) is 5.91 Å². The van der Waals surface area contributed by atoms with Crippen molar-refractivity contribution in [2.24, 2.45) is 11.3 Å². The van der Waals surface area contributed by atoms with E-state index in [4.69, 9.17) is 4.74 Å². The van der Waals surface area contributed by atoms with Gasteiger partial charge < -0.3 is 15.4 Å². The molecule has 0 aromatic carbocycles. The third-order valence-electron chi connectivity index (χ3n) is 3.11. The van der Waals surface area contributed by atoms with Crippen LogP contribution >= 0.6 is 0 Å². The minimum absolute atomic E-state index is 0.0224. The van der Waals surface area contributed by atoms with Crippen LogP contribution in [-0.4, -0.2) is 38.6 Å². The summed E-state index contributed by atoms with van der Waals surface area (Å²) >= 11 is 0. The maximum Gasteiger partial charge on any atom is 0.313 e. The molecule has 0 spiro atoms. The van der Waals surface area contributed by atoms with Crippen molar-refractivity contribution in [3.05, 3.63) is 0 Å². The molecular formula is C12H22N2O3. The Balaban J connectivity index is 2.39. The number of hydrogen-bond acceptors (Lipinski definition) is 4. The van der Waals surface area contributed by atoms with E-state index in [1.165, 1.54) is 7.11 Å². The van der Waals surface area contributed by atoms with E-state index in [2.05, 4.69) is 10.6 Å². The monoisotopic (exact) mass is 242 g/mol. The van der Waals surface area contributed by atoms with Gasteiger partial charge in [0.15, 0.2) is 0 Å². The summed E-state index contributed by atoms with van der Waals surface area (Å²) in [7, 11) is 1.36. The molecule has 1 saturated heterocycles. The second-order valence-corrected chi connectivity index (χ2v) is 5.14. The number of carbonyl (C=O) groups excluding carboxylic acids is 2. The van der Waals surface area contributed by atoms with Crippen molar-refractivity contribution in [1.29, 1.82) is 0 Å². The van der Waals surface area contributed by atoms with E-state index in [1.54, 1.807) is 13.8 Å². The third-order valence-corrected chi connectivity index (χ3v) is 3.11. The fourth-order valence-electron chi connectivity index (χ4n) is 1.88. The Kier molecular flexibility index (Phi) is 4.93. The SMILES string of the molecule is COC(=O)C(C)(C)CNC(=O)[C@@H]1CCCNC1. The Morgan fingerprint density at radius 3 is 2.71 bits per heavy atom. The number of methoxy groups -OCH3 is 1. The third kappa shape index (κ3) is 4.00. The van der Waals surface area contributed by atoms with Crippen LogP contribution in [-0.2, 0) is 14.3 Å². The highest BCUT2D eigenvalue weighted by molar-refractivity contribution is 5.81. The van der Waals surface area contributed by atoms with Gasteiger partial charge in [-0.25, -0.2) is 0 Å². The molecule has 0 aromatic rings. The number of rotatable bonds is 4. The maximum atomic E-state index is 11.9. The molecule has 0 bridgehead atoms. The van der Waals surface area contributed by atoms with Crippen molar-refractivity contribution in [3.8, 4) is 0 Å². The molecule has 2 N–H and O–H groups in total. The Morgan fingerprint density at radius 2 is 2.18 bits per heavy atom. The van der Waals surface area contributed by atoms with Gasteiger partial charge in [-0.15, -0.1) is 0 Å². The predicted molar refractivity (Wildman–Crippen MR) is 64.4 cm³/mol. The summed E-state index contributed by atoms with van der Waals surface area (Å²) in [6.45, 7) is 5.55. The molecule has 1 aliphatic rings. The van der Waals surface area contributed by atoms with Crippen molar-refractivity contribution >= 4 is 11.9 Å². The number of ether oxygens (including phenoxy) is 1. The molecule has 1 rings (SSSR count). The highest BCUT2D eigenvalue weighted by atomic mass is 16.5. The second kappa shape index (κ2) is 6.00. The zero-order valence-corrected chi connectivity index (χ0v) is 10.8. The minimum atomic E-state index is -0.674.